The summed E-state index contributed by atoms with van der Waals surface area (Å²) in [5.74, 6) is 0. The first kappa shape index (κ1) is 188. The Hall–Kier alpha value is 7.98. The maximum atomic E-state index is 2.49. The van der Waals surface area contributed by atoms with E-state index < -0.39 is 0 Å². The Balaban J connectivity index is -0.000000110. The topological polar surface area (TPSA) is 0 Å². The van der Waals surface area contributed by atoms with Gasteiger partial charge in [-0.05, 0) is 99.9 Å². The van der Waals surface area contributed by atoms with Crippen LogP contribution in [0.25, 0.3) is 0 Å². The van der Waals surface area contributed by atoms with Crippen LogP contribution in [0.1, 0.15) is 107 Å². The van der Waals surface area contributed by atoms with Gasteiger partial charge in [0.1, 0.15) is 0 Å². The van der Waals surface area contributed by atoms with E-state index in [9.17, 15) is 0 Å². The van der Waals surface area contributed by atoms with Crippen LogP contribution in [0.5, 0.6) is 0 Å². The Labute approximate surface area is 1290 Å². The van der Waals surface area contributed by atoms with Gasteiger partial charge in [-0.1, -0.05) is 128 Å². The molecule has 0 aliphatic heterocycles. The summed E-state index contributed by atoms with van der Waals surface area (Å²) in [5.41, 5.74) is 0. The number of benzene rings is 16. The summed E-state index contributed by atoms with van der Waals surface area (Å²) < 4.78 is 15.1. The van der Waals surface area contributed by atoms with Crippen LogP contribution in [-0.2, 0) is 277 Å². The summed E-state index contributed by atoms with van der Waals surface area (Å²) in [6.45, 7) is 18.4. The third kappa shape index (κ3) is 121. The van der Waals surface area contributed by atoms with Crippen molar-refractivity contribution in [3.05, 3.63) is 485 Å². The second-order valence-corrected chi connectivity index (χ2v) is 54.0. The fraction of sp³-hybridized carbons (Fsp3) is 0.200. The van der Waals surface area contributed by atoms with Gasteiger partial charge in [0.05, 0.1) is 70.5 Å². The van der Waals surface area contributed by atoms with Gasteiger partial charge >= 0.3 is 704 Å². The third-order valence-electron chi connectivity index (χ3n) is 18.2. The van der Waals surface area contributed by atoms with E-state index in [1.165, 1.54) is 154 Å². The molecule has 16 rings (SSSR count). The maximum absolute atomic E-state index is 2.49. The molecule has 0 unspecified atom stereocenters. The van der Waals surface area contributed by atoms with Crippen molar-refractivity contribution < 1.29 is 277 Å². The Kier molecular flexibility index (Phi) is 178. The predicted molar refractivity (Wildman–Crippen MR) is 686 cm³/mol. The molecule has 0 aromatic heterocycles. The van der Waals surface area contributed by atoms with E-state index in [0.717, 1.165) is 0 Å². The van der Waals surface area contributed by atoms with Gasteiger partial charge in [-0.2, -0.15) is 0 Å². The summed E-state index contributed by atoms with van der Waals surface area (Å²) in [5, 5.41) is 6.49. The summed E-state index contributed by atoms with van der Waals surface area (Å²) in [6, 6.07) is 166. The van der Waals surface area contributed by atoms with E-state index in [0.29, 0.717) is 0 Å². The van der Waals surface area contributed by atoms with Crippen molar-refractivity contribution in [3.8, 4) is 0 Å². The second kappa shape index (κ2) is 142. The number of hydrogen-bond donors (Lipinski definition) is 0. The Morgan fingerprint density at radius 1 is 0.113 bits per heavy atom. The van der Waals surface area contributed by atoms with Crippen LogP contribution in [0, 0.1) is 0 Å². The minimum absolute atomic E-state index is 0. The van der Waals surface area contributed by atoms with Crippen molar-refractivity contribution in [2.75, 3.05) is 49.3 Å². The Morgan fingerprint density at radius 2 is 0.173 bits per heavy atom. The van der Waals surface area contributed by atoms with Crippen LogP contribution in [0.2, 0.25) is 0 Å². The van der Waals surface area contributed by atoms with Gasteiger partial charge in [0.25, 0.3) is 0 Å². The molecule has 768 valence electrons. The van der Waals surface area contributed by atoms with E-state index in [1.807, 2.05) is 218 Å². The summed E-state index contributed by atoms with van der Waals surface area (Å²) in [4.78, 5) is 0. The molecular weight excluding hydrogens is 5030 g/mol. The van der Waals surface area contributed by atoms with Crippen molar-refractivity contribution in [1.82, 2.24) is 0 Å². The van der Waals surface area contributed by atoms with Crippen LogP contribution in [0.15, 0.2) is 485 Å². The monoisotopic (exact) mass is 5220 g/mol. The van der Waals surface area contributed by atoms with Crippen LogP contribution in [0.4, 0.5) is 0 Å². The zero-order valence-electron chi connectivity index (χ0n) is 89.7. The molecule has 0 heterocycles. The van der Waals surface area contributed by atoms with Gasteiger partial charge in [0.2, 0.25) is 0 Å². The average molecular weight is 5190 g/mol. The molecular formula is C120H156Hg10P4Se12Te4+4. The van der Waals surface area contributed by atoms with Gasteiger partial charge < -0.3 is 0 Å². The van der Waals surface area contributed by atoms with Crippen LogP contribution in [-0.4, -0.2) is 336 Å². The quantitative estimate of drug-likeness (QED) is 0.0527. The van der Waals surface area contributed by atoms with E-state index >= 15 is 0 Å². The fourth-order valence-corrected chi connectivity index (χ4v) is 27.0. The molecule has 0 saturated carbocycles. The molecule has 0 aliphatic carbocycles. The van der Waals surface area contributed by atoms with E-state index in [1.54, 1.807) is 21.2 Å². The molecule has 30 heteroatoms. The molecule has 0 saturated heterocycles. The van der Waals surface area contributed by atoms with Crippen LogP contribution < -0.4 is 74.8 Å². The number of rotatable bonds is 20. The van der Waals surface area contributed by atoms with Gasteiger partial charge in [0, 0.05) is 308 Å². The Bertz CT molecular complexity index is 4150. The second-order valence-electron chi connectivity index (χ2n) is 29.9. The standard InChI is InChI=1S/4C12H19P.12C6H6Se.10Hg.4HTe/c4*1-3-10-13(11-4-2)12-8-6-5-7-9-12;12*7-6-4-2-1-3-5-6;;;;;;;;;;;;;;/h4*5-9H,3-4,10-11H2,1-2H3;12*1-5,7H;;;;;;;;;;;4*1H/p+4. The molecule has 0 amide bonds. The minimum atomic E-state index is -0.224. The molecule has 16 aromatic rings. The first-order valence-corrected chi connectivity index (χ1v) is 65.7. The van der Waals surface area contributed by atoms with Gasteiger partial charge in [0.15, 0.2) is 0 Å². The molecule has 0 atom stereocenters. The van der Waals surface area contributed by atoms with Gasteiger partial charge in [-0.25, -0.2) is 0 Å². The van der Waals surface area contributed by atoms with E-state index in [-0.39, 0.29) is 403 Å². The first-order chi connectivity index (χ1) is 66.2. The molecule has 0 spiro atoms. The van der Waals surface area contributed by atoms with Crippen molar-refractivity contribution in [2.24, 2.45) is 0 Å². The zero-order chi connectivity index (χ0) is 99.4. The molecule has 0 bridgehead atoms. The summed E-state index contributed by atoms with van der Waals surface area (Å²) in [6.07, 6.45) is 22.2. The third-order valence-corrected chi connectivity index (χ3v) is 39.2. The summed E-state index contributed by atoms with van der Waals surface area (Å²) >= 11 is 29.9. The van der Waals surface area contributed by atoms with Crippen LogP contribution >= 0.6 is 31.7 Å². The zero-order valence-corrected chi connectivity index (χ0v) is 181. The van der Waals surface area contributed by atoms with E-state index in [4.69, 9.17) is 0 Å². The first-order valence-electron chi connectivity index (χ1n) is 46.7. The van der Waals surface area contributed by atoms with Crippen LogP contribution in [0.3, 0.4) is 0 Å². The molecule has 16 aromatic carbocycles. The molecule has 0 nitrogen and oxygen atoms in total. The van der Waals surface area contributed by atoms with E-state index in [2.05, 4.69) is 514 Å². The van der Waals surface area contributed by atoms with Crippen molar-refractivity contribution in [1.29, 1.82) is 0 Å². The number of hydrogen-bond acceptors (Lipinski definition) is 0. The van der Waals surface area contributed by atoms with Crippen molar-refractivity contribution in [2.45, 2.75) is 107 Å². The molecule has 0 fully saturated rings. The molecule has 4 radical (unpaired) electrons. The van der Waals surface area contributed by atoms with Crippen molar-refractivity contribution in [3.63, 3.8) is 0 Å². The Morgan fingerprint density at radius 3 is 0.220 bits per heavy atom. The molecule has 0 N–H and O–H groups in total. The summed E-state index contributed by atoms with van der Waals surface area (Å²) in [7, 11) is -0.896. The fourth-order valence-electron chi connectivity index (χ4n) is 11.9. The normalized spacial score (nSPS) is 8.59. The predicted octanol–water partition coefficient (Wildman–Crippen LogP) is 13.3. The average Bonchev–Trinajstić information content (AvgIpc) is 0.911. The van der Waals surface area contributed by atoms with Gasteiger partial charge in [-0.3, -0.25) is 0 Å². The molecule has 150 heavy (non-hydrogen) atoms. The SMILES string of the molecule is CCC[PH+](CCC)c1ccccc1.CCC[PH+](CCC)c1ccccc1.CCC[PH+](CCC)c1ccccc1.CCC[PH+](CCC)c1ccccc1.[Hg].[Hg].[Hg].[Hg].[Hg].[Hg].[Hg].[Hg].[Hg].[Hg].[SeH]c1ccccc1.[SeH]c1ccccc1.[SeH]c1ccccc1.[SeH]c1ccccc1.[SeH]c1ccccc1.[SeH]c1ccccc1.[SeH]c1ccccc1.[SeH]c1ccccc1.[SeH]c1ccccc1.[SeH]c1ccccc1.[SeH]c1ccccc1.[SeH]c1ccccc1.[TeH].[TeH].[TeH].[TeH]. The van der Waals surface area contributed by atoms with Gasteiger partial charge in [-0.15, -0.1) is 0 Å². The van der Waals surface area contributed by atoms with Crippen molar-refractivity contribution >= 4 is 393 Å². The molecule has 0 aliphatic rings.